The first-order valence-corrected chi connectivity index (χ1v) is 8.38. The van der Waals surface area contributed by atoms with Gasteiger partial charge in [0.15, 0.2) is 6.61 Å². The molecular weight excluding hydrogens is 310 g/mol. The molecule has 1 aromatic rings. The third-order valence-electron chi connectivity index (χ3n) is 4.88. The van der Waals surface area contributed by atoms with Crippen LogP contribution in [0.1, 0.15) is 16.8 Å². The summed E-state index contributed by atoms with van der Waals surface area (Å²) in [6.45, 7) is 4.86. The topological polar surface area (TPSA) is 71.1 Å². The van der Waals surface area contributed by atoms with Crippen LogP contribution in [-0.2, 0) is 9.53 Å². The molecule has 0 bridgehead atoms. The zero-order valence-electron chi connectivity index (χ0n) is 13.5. The highest BCUT2D eigenvalue weighted by Crippen LogP contribution is 2.29. The molecule has 1 atom stereocenters. The molecule has 3 heterocycles. The average molecular weight is 331 g/mol. The first-order valence-electron chi connectivity index (χ1n) is 8.38. The number of anilines is 1. The van der Waals surface area contributed by atoms with Crippen molar-refractivity contribution in [1.82, 2.24) is 9.80 Å². The van der Waals surface area contributed by atoms with E-state index < -0.39 is 0 Å². The first-order chi connectivity index (χ1) is 11.7. The van der Waals surface area contributed by atoms with Gasteiger partial charge in [0.25, 0.3) is 11.8 Å². The molecule has 4 rings (SSSR count). The molecule has 24 heavy (non-hydrogen) atoms. The maximum Gasteiger partial charge on any atom is 0.262 e. The molecule has 0 aliphatic carbocycles. The number of piperazine rings is 1. The highest BCUT2D eigenvalue weighted by atomic mass is 16.5. The van der Waals surface area contributed by atoms with Crippen molar-refractivity contribution < 1.29 is 19.1 Å². The SMILES string of the molecule is O=C1COc2ccc(C(=O)N3CCN(C4CCOC4)CC3)cc2N1. The summed E-state index contributed by atoms with van der Waals surface area (Å²) < 4.78 is 10.8. The Bertz CT molecular complexity index is 649. The normalized spacial score (nSPS) is 24.2. The predicted molar refractivity (Wildman–Crippen MR) is 87.3 cm³/mol. The summed E-state index contributed by atoms with van der Waals surface area (Å²) in [6.07, 6.45) is 1.08. The molecule has 2 saturated heterocycles. The number of carbonyl (C=O) groups excluding carboxylic acids is 2. The summed E-state index contributed by atoms with van der Waals surface area (Å²) in [5.74, 6) is 0.414. The lowest BCUT2D eigenvalue weighted by atomic mass is 10.1. The van der Waals surface area contributed by atoms with E-state index in [-0.39, 0.29) is 18.4 Å². The number of rotatable bonds is 2. The van der Waals surface area contributed by atoms with Crippen molar-refractivity contribution in [3.63, 3.8) is 0 Å². The van der Waals surface area contributed by atoms with Gasteiger partial charge in [-0.3, -0.25) is 14.5 Å². The van der Waals surface area contributed by atoms with Crippen molar-refractivity contribution in [1.29, 1.82) is 0 Å². The number of carbonyl (C=O) groups is 2. The summed E-state index contributed by atoms with van der Waals surface area (Å²) >= 11 is 0. The molecular formula is C17H21N3O4. The van der Waals surface area contributed by atoms with Gasteiger partial charge < -0.3 is 19.7 Å². The number of benzene rings is 1. The van der Waals surface area contributed by atoms with Crippen LogP contribution in [-0.4, -0.2) is 73.7 Å². The minimum atomic E-state index is -0.195. The maximum absolute atomic E-state index is 12.7. The lowest BCUT2D eigenvalue weighted by Gasteiger charge is -2.37. The van der Waals surface area contributed by atoms with Crippen LogP contribution in [0.25, 0.3) is 0 Å². The molecule has 0 saturated carbocycles. The molecule has 3 aliphatic rings. The van der Waals surface area contributed by atoms with Gasteiger partial charge in [-0.1, -0.05) is 0 Å². The number of hydrogen-bond acceptors (Lipinski definition) is 5. The van der Waals surface area contributed by atoms with Crippen LogP contribution in [0.4, 0.5) is 5.69 Å². The third kappa shape index (κ3) is 2.97. The van der Waals surface area contributed by atoms with E-state index in [1.54, 1.807) is 18.2 Å². The second kappa shape index (κ2) is 6.41. The first kappa shape index (κ1) is 15.4. The molecule has 2 amide bonds. The fourth-order valence-electron chi connectivity index (χ4n) is 3.50. The van der Waals surface area contributed by atoms with Gasteiger partial charge in [0.2, 0.25) is 0 Å². The van der Waals surface area contributed by atoms with Gasteiger partial charge in [-0.05, 0) is 24.6 Å². The highest BCUT2D eigenvalue weighted by Gasteiger charge is 2.29. The monoisotopic (exact) mass is 331 g/mol. The lowest BCUT2D eigenvalue weighted by Crippen LogP contribution is -2.52. The second-order valence-electron chi connectivity index (χ2n) is 6.39. The highest BCUT2D eigenvalue weighted by molar-refractivity contribution is 5.99. The van der Waals surface area contributed by atoms with Gasteiger partial charge in [-0.25, -0.2) is 0 Å². The molecule has 1 aromatic carbocycles. The number of amides is 2. The van der Waals surface area contributed by atoms with Crippen molar-refractivity contribution in [2.24, 2.45) is 0 Å². The summed E-state index contributed by atoms with van der Waals surface area (Å²) in [4.78, 5) is 28.4. The summed E-state index contributed by atoms with van der Waals surface area (Å²) in [7, 11) is 0. The van der Waals surface area contributed by atoms with Crippen molar-refractivity contribution in [3.8, 4) is 5.75 Å². The van der Waals surface area contributed by atoms with Crippen LogP contribution >= 0.6 is 0 Å². The quantitative estimate of drug-likeness (QED) is 0.858. The Kier molecular flexibility index (Phi) is 4.12. The summed E-state index contributed by atoms with van der Waals surface area (Å²) in [5, 5.41) is 2.75. The van der Waals surface area contributed by atoms with Crippen LogP contribution in [0.15, 0.2) is 18.2 Å². The molecule has 2 fully saturated rings. The van der Waals surface area contributed by atoms with Gasteiger partial charge in [-0.15, -0.1) is 0 Å². The van der Waals surface area contributed by atoms with Crippen molar-refractivity contribution >= 4 is 17.5 Å². The fourth-order valence-corrected chi connectivity index (χ4v) is 3.50. The Balaban J connectivity index is 1.41. The Labute approximate surface area is 140 Å². The van der Waals surface area contributed by atoms with E-state index in [1.165, 1.54) is 0 Å². The minimum Gasteiger partial charge on any atom is -0.482 e. The fraction of sp³-hybridized carbons (Fsp3) is 0.529. The van der Waals surface area contributed by atoms with E-state index in [0.717, 1.165) is 45.8 Å². The van der Waals surface area contributed by atoms with E-state index in [1.807, 2.05) is 4.90 Å². The number of nitrogens with zero attached hydrogens (tertiary/aromatic N) is 2. The molecule has 7 heteroatoms. The zero-order valence-corrected chi connectivity index (χ0v) is 13.5. The Morgan fingerprint density at radius 2 is 2.04 bits per heavy atom. The maximum atomic E-state index is 12.7. The summed E-state index contributed by atoms with van der Waals surface area (Å²) in [5.41, 5.74) is 1.15. The van der Waals surface area contributed by atoms with Crippen LogP contribution in [0.2, 0.25) is 0 Å². The molecule has 7 nitrogen and oxygen atoms in total. The van der Waals surface area contributed by atoms with Gasteiger partial charge in [0.1, 0.15) is 5.75 Å². The summed E-state index contributed by atoms with van der Waals surface area (Å²) in [6, 6.07) is 5.70. The number of hydrogen-bond donors (Lipinski definition) is 1. The Morgan fingerprint density at radius 3 is 2.79 bits per heavy atom. The molecule has 1 N–H and O–H groups in total. The van der Waals surface area contributed by atoms with Gasteiger partial charge >= 0.3 is 0 Å². The van der Waals surface area contributed by atoms with Gasteiger partial charge in [0.05, 0.1) is 12.3 Å². The second-order valence-corrected chi connectivity index (χ2v) is 6.39. The molecule has 128 valence electrons. The van der Waals surface area contributed by atoms with E-state index in [9.17, 15) is 9.59 Å². The lowest BCUT2D eigenvalue weighted by molar-refractivity contribution is -0.118. The Morgan fingerprint density at radius 1 is 1.21 bits per heavy atom. The number of ether oxygens (including phenoxy) is 2. The van der Waals surface area contributed by atoms with Crippen molar-refractivity contribution in [2.45, 2.75) is 12.5 Å². The molecule has 0 spiro atoms. The van der Waals surface area contributed by atoms with Crippen molar-refractivity contribution in [3.05, 3.63) is 23.8 Å². The van der Waals surface area contributed by atoms with Crippen LogP contribution in [0, 0.1) is 0 Å². The third-order valence-corrected chi connectivity index (χ3v) is 4.88. The minimum absolute atomic E-state index is 0.0000515. The van der Waals surface area contributed by atoms with Crippen LogP contribution in [0.3, 0.4) is 0 Å². The van der Waals surface area contributed by atoms with Crippen molar-refractivity contribution in [2.75, 3.05) is 51.3 Å². The van der Waals surface area contributed by atoms with E-state index in [4.69, 9.17) is 9.47 Å². The van der Waals surface area contributed by atoms with Gasteiger partial charge in [-0.2, -0.15) is 0 Å². The largest absolute Gasteiger partial charge is 0.482 e. The van der Waals surface area contributed by atoms with E-state index in [0.29, 0.717) is 23.0 Å². The smallest absolute Gasteiger partial charge is 0.262 e. The predicted octanol–water partition coefficient (Wildman–Crippen LogP) is 0.564. The average Bonchev–Trinajstić information content (AvgIpc) is 3.15. The zero-order chi connectivity index (χ0) is 16.5. The molecule has 0 radical (unpaired) electrons. The Hall–Kier alpha value is -2.12. The molecule has 1 unspecified atom stereocenters. The standard InChI is InChI=1S/C17H21N3O4/c21-16-11-24-15-2-1-12(9-14(15)18-16)17(22)20-6-4-19(5-7-20)13-3-8-23-10-13/h1-2,9,13H,3-8,10-11H2,(H,18,21). The van der Waals surface area contributed by atoms with E-state index >= 15 is 0 Å². The van der Waals surface area contributed by atoms with Gasteiger partial charge in [0, 0.05) is 44.4 Å². The molecule has 0 aromatic heterocycles. The van der Waals surface area contributed by atoms with Crippen LogP contribution < -0.4 is 10.1 Å². The number of nitrogens with one attached hydrogen (secondary N) is 1. The number of fused-ring (bicyclic) bond motifs is 1. The molecule has 3 aliphatic heterocycles. The van der Waals surface area contributed by atoms with E-state index in [2.05, 4.69) is 10.2 Å². The van der Waals surface area contributed by atoms with Crippen LogP contribution in [0.5, 0.6) is 5.75 Å².